The smallest absolute Gasteiger partial charge is 0.411 e. The van der Waals surface area contributed by atoms with Crippen molar-refractivity contribution in [1.29, 1.82) is 0 Å². The number of rotatable bonds is 3. The van der Waals surface area contributed by atoms with Gasteiger partial charge in [-0.25, -0.2) is 9.18 Å². The van der Waals surface area contributed by atoms with E-state index in [9.17, 15) is 9.18 Å². The Bertz CT molecular complexity index is 892. The van der Waals surface area contributed by atoms with Gasteiger partial charge in [0.2, 0.25) is 0 Å². The zero-order chi connectivity index (χ0) is 19.9. The molecule has 2 bridgehead atoms. The minimum atomic E-state index is -0.469. The first kappa shape index (κ1) is 22.1. The summed E-state index contributed by atoms with van der Waals surface area (Å²) < 4.78 is 20.3. The fourth-order valence-electron chi connectivity index (χ4n) is 4.73. The minimum Gasteiger partial charge on any atom is -1.00 e. The van der Waals surface area contributed by atoms with E-state index >= 15 is 0 Å². The molecule has 1 N–H and O–H groups in total. The quantitative estimate of drug-likeness (QED) is 0.681. The lowest BCUT2D eigenvalue weighted by Crippen LogP contribution is -3.00. The summed E-state index contributed by atoms with van der Waals surface area (Å²) in [5.74, 6) is -0.469. The fraction of sp³-hybridized carbons (Fsp3) is 0.409. The molecule has 2 aromatic carbocycles. The van der Waals surface area contributed by atoms with Crippen LogP contribution in [-0.2, 0) is 4.74 Å². The number of nitrogens with zero attached hydrogens (tertiary/aromatic N) is 1. The van der Waals surface area contributed by atoms with Crippen molar-refractivity contribution in [2.75, 3.05) is 19.4 Å². The SMILES string of the molecule is C[N+]1(C)[C@@H]2CC[C@H]1C[C@@H](OC(=O)Nc1ccccc1-c1ccc(F)c(Cl)c1)C2.[Br-]. The van der Waals surface area contributed by atoms with Crippen molar-refractivity contribution in [2.45, 2.75) is 43.9 Å². The molecule has 1 amide bonds. The van der Waals surface area contributed by atoms with Crippen LogP contribution in [0.3, 0.4) is 0 Å². The second-order valence-corrected chi connectivity index (χ2v) is 8.72. The van der Waals surface area contributed by atoms with Crippen molar-refractivity contribution in [3.8, 4) is 11.1 Å². The van der Waals surface area contributed by atoms with Gasteiger partial charge in [0.1, 0.15) is 11.9 Å². The Labute approximate surface area is 186 Å². The summed E-state index contributed by atoms with van der Waals surface area (Å²) in [4.78, 5) is 12.6. The van der Waals surface area contributed by atoms with E-state index in [1.807, 2.05) is 18.2 Å². The number of anilines is 1. The highest BCUT2D eigenvalue weighted by Crippen LogP contribution is 2.40. The first-order chi connectivity index (χ1) is 13.3. The number of fused-ring (bicyclic) bond motifs is 2. The average Bonchev–Trinajstić information content (AvgIpc) is 2.82. The molecule has 0 radical (unpaired) electrons. The van der Waals surface area contributed by atoms with Crippen molar-refractivity contribution >= 4 is 23.4 Å². The van der Waals surface area contributed by atoms with E-state index in [1.165, 1.54) is 18.9 Å². The topological polar surface area (TPSA) is 38.3 Å². The molecule has 3 atom stereocenters. The predicted octanol–water partition coefficient (Wildman–Crippen LogP) is 2.47. The molecule has 0 unspecified atom stereocenters. The summed E-state index contributed by atoms with van der Waals surface area (Å²) in [6.45, 7) is 0. The van der Waals surface area contributed by atoms with Crippen molar-refractivity contribution in [2.24, 2.45) is 0 Å². The van der Waals surface area contributed by atoms with Crippen LogP contribution in [0.4, 0.5) is 14.9 Å². The first-order valence-electron chi connectivity index (χ1n) is 9.70. The zero-order valence-corrected chi connectivity index (χ0v) is 18.8. The lowest BCUT2D eigenvalue weighted by Gasteiger charge is -2.43. The summed E-state index contributed by atoms with van der Waals surface area (Å²) in [5, 5.41) is 2.91. The molecule has 4 rings (SSSR count). The molecule has 2 aliphatic heterocycles. The van der Waals surface area contributed by atoms with Crippen LogP contribution in [0.2, 0.25) is 5.02 Å². The van der Waals surface area contributed by atoms with Gasteiger partial charge in [0.15, 0.2) is 0 Å². The van der Waals surface area contributed by atoms with E-state index in [-0.39, 0.29) is 28.1 Å². The fourth-order valence-corrected chi connectivity index (χ4v) is 4.91. The van der Waals surface area contributed by atoms with Crippen LogP contribution in [0, 0.1) is 5.82 Å². The van der Waals surface area contributed by atoms with Gasteiger partial charge in [0, 0.05) is 31.2 Å². The van der Waals surface area contributed by atoms with Crippen LogP contribution >= 0.6 is 11.6 Å². The first-order valence-corrected chi connectivity index (χ1v) is 10.1. The number of para-hydroxylation sites is 1. The standard InChI is InChI=1S/C22H24ClFN2O2.BrH/c1-26(2)15-8-9-16(26)13-17(12-15)28-22(27)25-21-6-4-3-5-18(21)14-7-10-20(24)19(23)11-14;/h3-7,10-11,15-17H,8-9,12-13H2,1-2H3;1H/t15-,16+,17+;. The molecule has 2 fully saturated rings. The summed E-state index contributed by atoms with van der Waals surface area (Å²) >= 11 is 5.92. The van der Waals surface area contributed by atoms with Gasteiger partial charge >= 0.3 is 6.09 Å². The summed E-state index contributed by atoms with van der Waals surface area (Å²) in [6.07, 6.45) is 3.73. The highest BCUT2D eigenvalue weighted by atomic mass is 79.9. The monoisotopic (exact) mass is 482 g/mol. The molecule has 4 nitrogen and oxygen atoms in total. The normalized spacial score (nSPS) is 24.5. The van der Waals surface area contributed by atoms with E-state index in [1.54, 1.807) is 18.2 Å². The number of quaternary nitrogens is 1. The number of carbonyl (C=O) groups excluding carboxylic acids is 1. The Hall–Kier alpha value is -1.63. The Morgan fingerprint density at radius 3 is 2.45 bits per heavy atom. The lowest BCUT2D eigenvalue weighted by molar-refractivity contribution is -0.931. The highest BCUT2D eigenvalue weighted by Gasteiger charge is 2.49. The van der Waals surface area contributed by atoms with E-state index in [4.69, 9.17) is 16.3 Å². The third kappa shape index (κ3) is 4.44. The number of ether oxygens (including phenoxy) is 1. The number of halogens is 3. The van der Waals surface area contributed by atoms with E-state index in [2.05, 4.69) is 19.4 Å². The van der Waals surface area contributed by atoms with E-state index < -0.39 is 11.9 Å². The molecule has 2 aromatic rings. The van der Waals surface area contributed by atoms with Crippen LogP contribution in [-0.4, -0.2) is 42.9 Å². The van der Waals surface area contributed by atoms with Crippen molar-refractivity contribution in [1.82, 2.24) is 0 Å². The maximum atomic E-state index is 13.5. The van der Waals surface area contributed by atoms with E-state index in [0.29, 0.717) is 17.8 Å². The number of nitrogens with one attached hydrogen (secondary N) is 1. The molecule has 2 heterocycles. The van der Waals surface area contributed by atoms with Gasteiger partial charge in [0.05, 0.1) is 36.9 Å². The van der Waals surface area contributed by atoms with Gasteiger partial charge < -0.3 is 26.2 Å². The number of hydrogen-bond donors (Lipinski definition) is 1. The number of carbonyl (C=O) groups is 1. The predicted molar refractivity (Wildman–Crippen MR) is 109 cm³/mol. The summed E-state index contributed by atoms with van der Waals surface area (Å²) in [5.41, 5.74) is 2.12. The molecule has 0 aliphatic carbocycles. The van der Waals surface area contributed by atoms with Gasteiger partial charge in [-0.3, -0.25) is 5.32 Å². The van der Waals surface area contributed by atoms with Crippen LogP contribution < -0.4 is 22.3 Å². The maximum Gasteiger partial charge on any atom is 0.411 e. The Morgan fingerprint density at radius 2 is 1.79 bits per heavy atom. The second kappa shape index (κ2) is 8.62. The Balaban J connectivity index is 0.00000240. The van der Waals surface area contributed by atoms with E-state index in [0.717, 1.165) is 28.5 Å². The minimum absolute atomic E-state index is 0. The van der Waals surface area contributed by atoms with Crippen LogP contribution in [0.1, 0.15) is 25.7 Å². The Kier molecular flexibility index (Phi) is 6.56. The molecule has 156 valence electrons. The average molecular weight is 484 g/mol. The highest BCUT2D eigenvalue weighted by molar-refractivity contribution is 6.31. The van der Waals surface area contributed by atoms with Gasteiger partial charge in [-0.2, -0.15) is 0 Å². The molecule has 0 saturated carbocycles. The largest absolute Gasteiger partial charge is 1.00 e. The molecule has 7 heteroatoms. The molecule has 2 aliphatic rings. The number of benzene rings is 2. The van der Waals surface area contributed by atoms with Crippen LogP contribution in [0.5, 0.6) is 0 Å². The lowest BCUT2D eigenvalue weighted by atomic mass is 9.98. The molecule has 2 saturated heterocycles. The summed E-state index contributed by atoms with van der Waals surface area (Å²) in [7, 11) is 4.56. The molecule has 0 aromatic heterocycles. The number of hydrogen-bond acceptors (Lipinski definition) is 2. The maximum absolute atomic E-state index is 13.5. The van der Waals surface area contributed by atoms with Crippen LogP contribution in [0.15, 0.2) is 42.5 Å². The van der Waals surface area contributed by atoms with Crippen LogP contribution in [0.25, 0.3) is 11.1 Å². The number of amides is 1. The molecular formula is C22H25BrClFN2O2. The second-order valence-electron chi connectivity index (χ2n) is 8.31. The van der Waals surface area contributed by atoms with Crippen molar-refractivity contribution < 1.29 is 35.4 Å². The van der Waals surface area contributed by atoms with Gasteiger partial charge in [-0.1, -0.05) is 35.9 Å². The molecule has 0 spiro atoms. The van der Waals surface area contributed by atoms with Gasteiger partial charge in [0.25, 0.3) is 0 Å². The third-order valence-corrected chi connectivity index (χ3v) is 6.74. The molecular weight excluding hydrogens is 459 g/mol. The summed E-state index contributed by atoms with van der Waals surface area (Å²) in [6, 6.07) is 13.0. The third-order valence-electron chi connectivity index (χ3n) is 6.45. The molecule has 29 heavy (non-hydrogen) atoms. The van der Waals surface area contributed by atoms with Crippen molar-refractivity contribution in [3.63, 3.8) is 0 Å². The van der Waals surface area contributed by atoms with Gasteiger partial charge in [-0.05, 0) is 23.8 Å². The zero-order valence-electron chi connectivity index (χ0n) is 16.5. The van der Waals surface area contributed by atoms with Crippen molar-refractivity contribution in [3.05, 3.63) is 53.3 Å². The number of piperidine rings is 1. The van der Waals surface area contributed by atoms with Gasteiger partial charge in [-0.15, -0.1) is 0 Å². The Morgan fingerprint density at radius 1 is 1.14 bits per heavy atom.